The SMILES string of the molecule is CCCC=NN(CC)c1cc(=O)n(C)c(=O)[nH]1. The maximum absolute atomic E-state index is 11.5. The van der Waals surface area contributed by atoms with E-state index in [0.717, 1.165) is 17.4 Å². The van der Waals surface area contributed by atoms with Crippen LogP contribution in [0.1, 0.15) is 26.7 Å². The second kappa shape index (κ2) is 6.03. The van der Waals surface area contributed by atoms with Crippen LogP contribution >= 0.6 is 0 Å². The third-order valence-electron chi connectivity index (χ3n) is 2.35. The van der Waals surface area contributed by atoms with Crippen LogP contribution in [0.5, 0.6) is 0 Å². The number of hydrogen-bond donors (Lipinski definition) is 1. The summed E-state index contributed by atoms with van der Waals surface area (Å²) in [4.78, 5) is 25.5. The maximum Gasteiger partial charge on any atom is 0.329 e. The summed E-state index contributed by atoms with van der Waals surface area (Å²) in [5.74, 6) is 0.424. The van der Waals surface area contributed by atoms with Gasteiger partial charge in [0.15, 0.2) is 0 Å². The predicted octanol–water partition coefficient (Wildman–Crippen LogP) is 0.686. The Morgan fingerprint density at radius 2 is 2.18 bits per heavy atom. The topological polar surface area (TPSA) is 70.5 Å². The van der Waals surface area contributed by atoms with Crippen LogP contribution in [0.15, 0.2) is 20.8 Å². The zero-order valence-corrected chi connectivity index (χ0v) is 10.4. The fourth-order valence-corrected chi connectivity index (χ4v) is 1.28. The minimum absolute atomic E-state index is 0.340. The number of H-pyrrole nitrogens is 1. The van der Waals surface area contributed by atoms with Gasteiger partial charge in [-0.25, -0.2) is 9.80 Å². The standard InChI is InChI=1S/C11H18N4O2/c1-4-6-7-12-15(5-2)9-8-10(16)14(3)11(17)13-9/h7-8H,4-6H2,1-3H3,(H,13,17). The minimum atomic E-state index is -0.434. The Balaban J connectivity index is 3.05. The second-order valence-corrected chi connectivity index (χ2v) is 3.66. The van der Waals surface area contributed by atoms with E-state index in [2.05, 4.69) is 17.0 Å². The van der Waals surface area contributed by atoms with E-state index in [1.807, 2.05) is 6.92 Å². The highest BCUT2D eigenvalue weighted by molar-refractivity contribution is 5.59. The van der Waals surface area contributed by atoms with Crippen molar-refractivity contribution >= 4 is 12.0 Å². The highest BCUT2D eigenvalue weighted by atomic mass is 16.2. The first-order chi connectivity index (χ1) is 8.10. The molecule has 0 bridgehead atoms. The van der Waals surface area contributed by atoms with E-state index in [0.29, 0.717) is 12.4 Å². The summed E-state index contributed by atoms with van der Waals surface area (Å²) in [6, 6.07) is 1.37. The molecule has 0 atom stereocenters. The van der Waals surface area contributed by atoms with Crippen molar-refractivity contribution in [2.45, 2.75) is 26.7 Å². The lowest BCUT2D eigenvalue weighted by atomic mass is 10.4. The molecule has 0 saturated heterocycles. The Labute approximate surface area is 99.6 Å². The van der Waals surface area contributed by atoms with Gasteiger partial charge in [-0.15, -0.1) is 0 Å². The van der Waals surface area contributed by atoms with Crippen LogP contribution in [0, 0.1) is 0 Å². The number of aromatic nitrogens is 2. The van der Waals surface area contributed by atoms with E-state index in [9.17, 15) is 9.59 Å². The van der Waals surface area contributed by atoms with Crippen LogP contribution in [-0.2, 0) is 7.05 Å². The number of rotatable bonds is 5. The van der Waals surface area contributed by atoms with Gasteiger partial charge in [-0.2, -0.15) is 5.10 Å². The molecule has 1 heterocycles. The normalized spacial score (nSPS) is 11.0. The van der Waals surface area contributed by atoms with Gasteiger partial charge in [-0.3, -0.25) is 14.3 Å². The molecule has 1 N–H and O–H groups in total. The van der Waals surface area contributed by atoms with Gasteiger partial charge in [-0.1, -0.05) is 13.3 Å². The van der Waals surface area contributed by atoms with Crippen LogP contribution in [0.4, 0.5) is 5.82 Å². The zero-order valence-electron chi connectivity index (χ0n) is 10.4. The van der Waals surface area contributed by atoms with Crippen molar-refractivity contribution in [3.05, 3.63) is 26.9 Å². The summed E-state index contributed by atoms with van der Waals surface area (Å²) in [6.45, 7) is 4.55. The number of nitrogens with one attached hydrogen (secondary N) is 1. The molecule has 6 nitrogen and oxygen atoms in total. The molecule has 0 amide bonds. The van der Waals surface area contributed by atoms with E-state index in [1.165, 1.54) is 13.1 Å². The Morgan fingerprint density at radius 3 is 2.71 bits per heavy atom. The van der Waals surface area contributed by atoms with Gasteiger partial charge >= 0.3 is 5.69 Å². The molecule has 0 spiro atoms. The highest BCUT2D eigenvalue weighted by Gasteiger charge is 2.06. The molecule has 1 aromatic rings. The summed E-state index contributed by atoms with van der Waals surface area (Å²) in [5, 5.41) is 5.80. The third kappa shape index (κ3) is 3.30. The lowest BCUT2D eigenvalue weighted by Gasteiger charge is -2.15. The summed E-state index contributed by atoms with van der Waals surface area (Å²) in [6.07, 6.45) is 3.65. The number of aromatic amines is 1. The lowest BCUT2D eigenvalue weighted by molar-refractivity contribution is 0.755. The monoisotopic (exact) mass is 238 g/mol. The van der Waals surface area contributed by atoms with Crippen molar-refractivity contribution in [1.82, 2.24) is 9.55 Å². The molecule has 0 fully saturated rings. The second-order valence-electron chi connectivity index (χ2n) is 3.66. The minimum Gasteiger partial charge on any atom is -0.292 e. The number of hydrogen-bond acceptors (Lipinski definition) is 4. The lowest BCUT2D eigenvalue weighted by Crippen LogP contribution is -2.34. The average Bonchev–Trinajstić information content (AvgIpc) is 2.31. The van der Waals surface area contributed by atoms with Gasteiger partial charge in [0.1, 0.15) is 5.82 Å². The van der Waals surface area contributed by atoms with E-state index in [1.54, 1.807) is 11.2 Å². The Morgan fingerprint density at radius 1 is 1.47 bits per heavy atom. The summed E-state index contributed by atoms with van der Waals surface area (Å²) >= 11 is 0. The van der Waals surface area contributed by atoms with Gasteiger partial charge in [0.2, 0.25) is 0 Å². The molecule has 1 rings (SSSR count). The van der Waals surface area contributed by atoms with Crippen LogP contribution in [0.25, 0.3) is 0 Å². The number of nitrogens with zero attached hydrogens (tertiary/aromatic N) is 3. The molecule has 0 saturated carbocycles. The molecule has 0 aliphatic heterocycles. The first kappa shape index (κ1) is 13.2. The molecule has 94 valence electrons. The van der Waals surface area contributed by atoms with E-state index < -0.39 is 5.69 Å². The van der Waals surface area contributed by atoms with Crippen LogP contribution in [0.2, 0.25) is 0 Å². The zero-order chi connectivity index (χ0) is 12.8. The van der Waals surface area contributed by atoms with Crippen LogP contribution < -0.4 is 16.3 Å². The molecule has 17 heavy (non-hydrogen) atoms. The third-order valence-corrected chi connectivity index (χ3v) is 2.35. The van der Waals surface area contributed by atoms with Gasteiger partial charge in [0.05, 0.1) is 0 Å². The van der Waals surface area contributed by atoms with Crippen molar-refractivity contribution in [1.29, 1.82) is 0 Å². The molecule has 1 aromatic heterocycles. The van der Waals surface area contributed by atoms with E-state index in [-0.39, 0.29) is 5.56 Å². The molecule has 0 aromatic carbocycles. The summed E-state index contributed by atoms with van der Waals surface area (Å²) < 4.78 is 1.02. The average molecular weight is 238 g/mol. The molecule has 0 radical (unpaired) electrons. The van der Waals surface area contributed by atoms with Crippen molar-refractivity contribution in [2.24, 2.45) is 12.1 Å². The molecule has 0 unspecified atom stereocenters. The fraction of sp³-hybridized carbons (Fsp3) is 0.545. The first-order valence-corrected chi connectivity index (χ1v) is 5.70. The molecular formula is C11H18N4O2. The first-order valence-electron chi connectivity index (χ1n) is 5.70. The van der Waals surface area contributed by atoms with Crippen LogP contribution in [0.3, 0.4) is 0 Å². The number of anilines is 1. The predicted molar refractivity (Wildman–Crippen MR) is 68.7 cm³/mol. The maximum atomic E-state index is 11.5. The smallest absolute Gasteiger partial charge is 0.292 e. The number of unbranched alkanes of at least 4 members (excludes halogenated alkanes) is 1. The van der Waals surface area contributed by atoms with Gasteiger partial charge in [0.25, 0.3) is 5.56 Å². The van der Waals surface area contributed by atoms with E-state index >= 15 is 0 Å². The molecule has 0 aliphatic carbocycles. The van der Waals surface area contributed by atoms with Gasteiger partial charge < -0.3 is 0 Å². The summed E-state index contributed by atoms with van der Waals surface area (Å²) in [7, 11) is 1.43. The Hall–Kier alpha value is -1.85. The fourth-order valence-electron chi connectivity index (χ4n) is 1.28. The van der Waals surface area contributed by atoms with Gasteiger partial charge in [-0.05, 0) is 13.3 Å². The van der Waals surface area contributed by atoms with Crippen molar-refractivity contribution in [3.8, 4) is 0 Å². The molecule has 0 aliphatic rings. The Bertz CT molecular complexity index is 470. The van der Waals surface area contributed by atoms with E-state index in [4.69, 9.17) is 0 Å². The van der Waals surface area contributed by atoms with Crippen LogP contribution in [-0.4, -0.2) is 22.3 Å². The highest BCUT2D eigenvalue weighted by Crippen LogP contribution is 2.05. The number of hydrazone groups is 1. The quantitative estimate of drug-likeness (QED) is 0.606. The largest absolute Gasteiger partial charge is 0.329 e. The van der Waals surface area contributed by atoms with Gasteiger partial charge in [0, 0.05) is 25.9 Å². The van der Waals surface area contributed by atoms with Crippen molar-refractivity contribution in [2.75, 3.05) is 11.6 Å². The molecular weight excluding hydrogens is 220 g/mol. The van der Waals surface area contributed by atoms with Crippen molar-refractivity contribution in [3.63, 3.8) is 0 Å². The Kier molecular flexibility index (Phi) is 4.68. The molecule has 6 heteroatoms. The van der Waals surface area contributed by atoms with Crippen molar-refractivity contribution < 1.29 is 0 Å². The summed E-state index contributed by atoms with van der Waals surface area (Å²) in [5.41, 5.74) is -0.774.